The maximum Gasteiger partial charge on any atom is 0.127 e. The Morgan fingerprint density at radius 2 is 2.38 bits per heavy atom. The standard InChI is InChI=1S/C11H12NO/c1-2-3-8-13-11-6-4-10(9-12)5-7-11/h4-6H,2-3,8H2,1H3. The summed E-state index contributed by atoms with van der Waals surface area (Å²) in [4.78, 5) is 0. The van der Waals surface area contributed by atoms with Crippen LogP contribution in [0.2, 0.25) is 0 Å². The predicted octanol–water partition coefficient (Wildman–Crippen LogP) is 2.54. The highest BCUT2D eigenvalue weighted by Gasteiger charge is 1.93. The first-order valence-electron chi connectivity index (χ1n) is 4.41. The van der Waals surface area contributed by atoms with Crippen molar-refractivity contribution in [2.75, 3.05) is 6.61 Å². The third-order valence-corrected chi connectivity index (χ3v) is 1.67. The first-order chi connectivity index (χ1) is 6.36. The number of benzene rings is 1. The van der Waals surface area contributed by atoms with Crippen LogP contribution in [0.15, 0.2) is 18.2 Å². The van der Waals surface area contributed by atoms with Crippen molar-refractivity contribution < 1.29 is 4.74 Å². The van der Waals surface area contributed by atoms with Gasteiger partial charge in [0.05, 0.1) is 18.2 Å². The number of hydrogen-bond donors (Lipinski definition) is 0. The van der Waals surface area contributed by atoms with Gasteiger partial charge in [-0.25, -0.2) is 0 Å². The maximum absolute atomic E-state index is 8.53. The van der Waals surface area contributed by atoms with Crippen LogP contribution < -0.4 is 4.74 Å². The maximum atomic E-state index is 8.53. The molecular weight excluding hydrogens is 162 g/mol. The van der Waals surface area contributed by atoms with E-state index in [9.17, 15) is 0 Å². The van der Waals surface area contributed by atoms with E-state index in [-0.39, 0.29) is 0 Å². The van der Waals surface area contributed by atoms with Crippen LogP contribution in [0.4, 0.5) is 0 Å². The molecule has 13 heavy (non-hydrogen) atoms. The average molecular weight is 174 g/mol. The van der Waals surface area contributed by atoms with E-state index in [4.69, 9.17) is 10.00 Å². The summed E-state index contributed by atoms with van der Waals surface area (Å²) in [6.45, 7) is 2.84. The summed E-state index contributed by atoms with van der Waals surface area (Å²) in [5, 5.41) is 8.53. The molecular formula is C11H12NO. The van der Waals surface area contributed by atoms with Gasteiger partial charge in [-0.15, -0.1) is 0 Å². The van der Waals surface area contributed by atoms with E-state index in [1.807, 2.05) is 6.07 Å². The van der Waals surface area contributed by atoms with E-state index >= 15 is 0 Å². The van der Waals surface area contributed by atoms with Crippen LogP contribution in [0.25, 0.3) is 0 Å². The molecule has 0 amide bonds. The van der Waals surface area contributed by atoms with Crippen molar-refractivity contribution in [3.05, 3.63) is 29.8 Å². The molecule has 67 valence electrons. The molecule has 1 aromatic carbocycles. The molecule has 1 radical (unpaired) electrons. The van der Waals surface area contributed by atoms with Crippen molar-refractivity contribution in [2.24, 2.45) is 0 Å². The Morgan fingerprint density at radius 1 is 1.54 bits per heavy atom. The van der Waals surface area contributed by atoms with E-state index in [1.54, 1.807) is 18.2 Å². The highest BCUT2D eigenvalue weighted by Crippen LogP contribution is 2.10. The van der Waals surface area contributed by atoms with E-state index in [1.165, 1.54) is 0 Å². The van der Waals surface area contributed by atoms with Crippen molar-refractivity contribution in [1.82, 2.24) is 0 Å². The summed E-state index contributed by atoms with van der Waals surface area (Å²) in [6.07, 6.45) is 2.17. The zero-order chi connectivity index (χ0) is 9.52. The molecule has 2 heteroatoms. The number of unbranched alkanes of at least 4 members (excludes halogenated alkanes) is 1. The molecule has 0 bridgehead atoms. The lowest BCUT2D eigenvalue weighted by molar-refractivity contribution is 0.309. The molecule has 0 aliphatic rings. The fourth-order valence-corrected chi connectivity index (χ4v) is 0.896. The van der Waals surface area contributed by atoms with E-state index in [0.29, 0.717) is 11.3 Å². The second kappa shape index (κ2) is 5.21. The highest BCUT2D eigenvalue weighted by molar-refractivity contribution is 5.33. The zero-order valence-electron chi connectivity index (χ0n) is 7.71. The molecule has 0 atom stereocenters. The van der Waals surface area contributed by atoms with E-state index in [2.05, 4.69) is 13.0 Å². The van der Waals surface area contributed by atoms with Crippen LogP contribution in [0, 0.1) is 17.4 Å². The van der Waals surface area contributed by atoms with Crippen molar-refractivity contribution in [2.45, 2.75) is 19.8 Å². The SMILES string of the molecule is CCCCOc1[c]cc(C#N)cc1. The van der Waals surface area contributed by atoms with Crippen LogP contribution in [-0.2, 0) is 0 Å². The topological polar surface area (TPSA) is 33.0 Å². The molecule has 1 rings (SSSR count). The Kier molecular flexibility index (Phi) is 3.84. The molecule has 0 saturated carbocycles. The molecule has 0 aliphatic heterocycles. The molecule has 0 fully saturated rings. The summed E-state index contributed by atoms with van der Waals surface area (Å²) in [7, 11) is 0. The van der Waals surface area contributed by atoms with E-state index in [0.717, 1.165) is 19.4 Å². The Morgan fingerprint density at radius 3 is 2.92 bits per heavy atom. The summed E-state index contributed by atoms with van der Waals surface area (Å²) >= 11 is 0. The highest BCUT2D eigenvalue weighted by atomic mass is 16.5. The van der Waals surface area contributed by atoms with Gasteiger partial charge in [-0.2, -0.15) is 5.26 Å². The Hall–Kier alpha value is -1.49. The summed E-state index contributed by atoms with van der Waals surface area (Å²) in [6, 6.07) is 10.1. The molecule has 2 nitrogen and oxygen atoms in total. The van der Waals surface area contributed by atoms with Gasteiger partial charge in [0.15, 0.2) is 0 Å². The first-order valence-corrected chi connectivity index (χ1v) is 4.41. The second-order valence-corrected chi connectivity index (χ2v) is 2.76. The van der Waals surface area contributed by atoms with Gasteiger partial charge in [0.2, 0.25) is 0 Å². The first kappa shape index (κ1) is 9.60. The lowest BCUT2D eigenvalue weighted by atomic mass is 10.2. The summed E-state index contributed by atoms with van der Waals surface area (Å²) < 4.78 is 5.38. The number of hydrogen-bond acceptors (Lipinski definition) is 2. The minimum absolute atomic E-state index is 0.614. The quantitative estimate of drug-likeness (QED) is 0.657. The molecule has 0 unspecified atom stereocenters. The number of nitrogens with zero attached hydrogens (tertiary/aromatic N) is 1. The molecule has 1 aromatic rings. The van der Waals surface area contributed by atoms with Crippen LogP contribution in [0.1, 0.15) is 25.3 Å². The minimum Gasteiger partial charge on any atom is -0.493 e. The monoisotopic (exact) mass is 174 g/mol. The molecule has 0 N–H and O–H groups in total. The van der Waals surface area contributed by atoms with Crippen LogP contribution >= 0.6 is 0 Å². The Labute approximate surface area is 78.8 Å². The minimum atomic E-state index is 0.614. The Bertz CT molecular complexity index is 284. The van der Waals surface area contributed by atoms with Gasteiger partial charge in [-0.1, -0.05) is 13.3 Å². The lowest BCUT2D eigenvalue weighted by Crippen LogP contribution is -1.96. The van der Waals surface area contributed by atoms with Crippen molar-refractivity contribution in [1.29, 1.82) is 5.26 Å². The van der Waals surface area contributed by atoms with Gasteiger partial charge in [0.25, 0.3) is 0 Å². The number of rotatable bonds is 4. The zero-order valence-corrected chi connectivity index (χ0v) is 7.71. The summed E-state index contributed by atoms with van der Waals surface area (Å²) in [5.41, 5.74) is 0.614. The fourth-order valence-electron chi connectivity index (χ4n) is 0.896. The predicted molar refractivity (Wildman–Crippen MR) is 50.4 cm³/mol. The van der Waals surface area contributed by atoms with Crippen LogP contribution in [0.5, 0.6) is 5.75 Å². The fraction of sp³-hybridized carbons (Fsp3) is 0.364. The van der Waals surface area contributed by atoms with Crippen LogP contribution in [0.3, 0.4) is 0 Å². The third kappa shape index (κ3) is 3.16. The van der Waals surface area contributed by atoms with Gasteiger partial charge in [0.1, 0.15) is 5.75 Å². The van der Waals surface area contributed by atoms with E-state index < -0.39 is 0 Å². The van der Waals surface area contributed by atoms with Gasteiger partial charge in [-0.3, -0.25) is 0 Å². The van der Waals surface area contributed by atoms with Crippen molar-refractivity contribution >= 4 is 0 Å². The molecule has 0 aromatic heterocycles. The molecule has 0 spiro atoms. The van der Waals surface area contributed by atoms with Gasteiger partial charge in [-0.05, 0) is 24.6 Å². The molecule has 0 heterocycles. The molecule has 0 saturated heterocycles. The lowest BCUT2D eigenvalue weighted by Gasteiger charge is -2.03. The van der Waals surface area contributed by atoms with Crippen molar-refractivity contribution in [3.63, 3.8) is 0 Å². The normalized spacial score (nSPS) is 9.23. The van der Waals surface area contributed by atoms with Gasteiger partial charge in [0, 0.05) is 6.07 Å². The summed E-state index contributed by atoms with van der Waals surface area (Å²) in [5.74, 6) is 0.715. The van der Waals surface area contributed by atoms with Crippen LogP contribution in [-0.4, -0.2) is 6.61 Å². The largest absolute Gasteiger partial charge is 0.493 e. The third-order valence-electron chi connectivity index (χ3n) is 1.67. The number of nitriles is 1. The second-order valence-electron chi connectivity index (χ2n) is 2.76. The molecule has 0 aliphatic carbocycles. The Balaban J connectivity index is 2.46. The van der Waals surface area contributed by atoms with Crippen molar-refractivity contribution in [3.8, 4) is 11.8 Å². The van der Waals surface area contributed by atoms with Gasteiger partial charge >= 0.3 is 0 Å². The van der Waals surface area contributed by atoms with Gasteiger partial charge < -0.3 is 4.74 Å². The smallest absolute Gasteiger partial charge is 0.127 e. The average Bonchev–Trinajstić information content (AvgIpc) is 2.19. The number of ether oxygens (including phenoxy) is 1.